The summed E-state index contributed by atoms with van der Waals surface area (Å²) in [5.74, 6) is -1.13. The van der Waals surface area contributed by atoms with Crippen LogP contribution in [0.15, 0.2) is 24.8 Å². The van der Waals surface area contributed by atoms with Gasteiger partial charge in [0.15, 0.2) is 23.5 Å². The van der Waals surface area contributed by atoms with Crippen molar-refractivity contribution in [3.8, 4) is 5.75 Å². The van der Waals surface area contributed by atoms with E-state index in [4.69, 9.17) is 4.74 Å². The molecule has 0 aliphatic carbocycles. The number of halogens is 5. The Morgan fingerprint density at radius 2 is 1.74 bits per heavy atom. The van der Waals surface area contributed by atoms with Gasteiger partial charge in [0.2, 0.25) is 0 Å². The Balaban J connectivity index is 1.52. The highest BCUT2D eigenvalue weighted by Crippen LogP contribution is 2.35. The van der Waals surface area contributed by atoms with Gasteiger partial charge in [0, 0.05) is 44.8 Å². The molecule has 2 aliphatic heterocycles. The third-order valence-corrected chi connectivity index (χ3v) is 7.16. The molecule has 1 atom stereocenters. The number of carbonyl (C=O) groups excluding carboxylic acids is 1. The van der Waals surface area contributed by atoms with E-state index in [2.05, 4.69) is 15.6 Å². The number of hydrogen-bond donors (Lipinski definition) is 0. The average molecular weight is 509 g/mol. The molecule has 0 saturated carbocycles. The van der Waals surface area contributed by atoms with E-state index in [0.717, 1.165) is 43.5 Å². The first kappa shape index (κ1) is 26.6. The molecule has 1 aromatic carbocycles. The zero-order valence-electron chi connectivity index (χ0n) is 19.0. The maximum absolute atomic E-state index is 14.7. The minimum atomic E-state index is -4.64. The predicted molar refractivity (Wildman–Crippen MR) is 120 cm³/mol. The van der Waals surface area contributed by atoms with Crippen molar-refractivity contribution in [3.05, 3.63) is 42.0 Å². The lowest BCUT2D eigenvalue weighted by Gasteiger charge is -2.33. The van der Waals surface area contributed by atoms with Crippen LogP contribution in [0, 0.1) is 11.6 Å². The van der Waals surface area contributed by atoms with Crippen LogP contribution in [0.4, 0.5) is 26.7 Å². The zero-order chi connectivity index (χ0) is 24.9. The summed E-state index contributed by atoms with van der Waals surface area (Å²) >= 11 is 1.69. The van der Waals surface area contributed by atoms with E-state index in [0.29, 0.717) is 5.56 Å². The highest BCUT2D eigenvalue weighted by Gasteiger charge is 2.40. The largest absolute Gasteiger partial charge is 0.484 e. The lowest BCUT2D eigenvalue weighted by Crippen LogP contribution is -2.44. The minimum Gasteiger partial charge on any atom is -0.484 e. The predicted octanol–water partition coefficient (Wildman–Crippen LogP) is 5.91. The molecule has 0 radical (unpaired) electrons. The van der Waals surface area contributed by atoms with Crippen LogP contribution in [-0.2, 0) is 4.74 Å². The van der Waals surface area contributed by atoms with Gasteiger partial charge in [0.05, 0.1) is 0 Å². The van der Waals surface area contributed by atoms with Gasteiger partial charge < -0.3 is 14.4 Å². The number of ether oxygens (including phenoxy) is 2. The Hall–Kier alpha value is -2.01. The molecular weight excluding hydrogens is 479 g/mol. The third-order valence-electron chi connectivity index (χ3n) is 6.04. The molecule has 0 N–H and O–H groups in total. The molecule has 0 aromatic heterocycles. The van der Waals surface area contributed by atoms with Crippen LogP contribution in [0.25, 0.3) is 0 Å². The molecule has 190 valence electrons. The SMILES string of the molecule is C=CCSN1CCC(c2cc(F)c(OC3CCN(C(=O)OC(C)C(F)(F)F)CC3)c(F)c2)CC1. The molecule has 2 aliphatic rings. The molecule has 0 spiro atoms. The summed E-state index contributed by atoms with van der Waals surface area (Å²) in [4.78, 5) is 13.1. The number of piperidine rings is 2. The van der Waals surface area contributed by atoms with Crippen molar-refractivity contribution in [2.24, 2.45) is 0 Å². The van der Waals surface area contributed by atoms with Gasteiger partial charge in [-0.15, -0.1) is 6.58 Å². The van der Waals surface area contributed by atoms with Gasteiger partial charge in [0.25, 0.3) is 0 Å². The van der Waals surface area contributed by atoms with Gasteiger partial charge in [-0.2, -0.15) is 13.2 Å². The molecular formula is C23H29F5N2O3S. The van der Waals surface area contributed by atoms with Crippen molar-refractivity contribution in [1.82, 2.24) is 9.21 Å². The fourth-order valence-corrected chi connectivity index (χ4v) is 4.80. The molecule has 5 nitrogen and oxygen atoms in total. The second-order valence-electron chi connectivity index (χ2n) is 8.47. The number of rotatable bonds is 7. The minimum absolute atomic E-state index is 0.0620. The monoisotopic (exact) mass is 508 g/mol. The van der Waals surface area contributed by atoms with Crippen molar-refractivity contribution in [2.45, 2.75) is 56.9 Å². The number of carbonyl (C=O) groups is 1. The Labute approximate surface area is 200 Å². The van der Waals surface area contributed by atoms with Crippen LogP contribution in [0.2, 0.25) is 0 Å². The van der Waals surface area contributed by atoms with Crippen LogP contribution >= 0.6 is 11.9 Å². The molecule has 3 rings (SSSR count). The number of hydrogen-bond acceptors (Lipinski definition) is 5. The van der Waals surface area contributed by atoms with Crippen molar-refractivity contribution >= 4 is 18.0 Å². The van der Waals surface area contributed by atoms with Crippen molar-refractivity contribution < 1.29 is 36.2 Å². The van der Waals surface area contributed by atoms with Crippen LogP contribution in [0.3, 0.4) is 0 Å². The van der Waals surface area contributed by atoms with Gasteiger partial charge in [-0.05, 0) is 43.4 Å². The lowest BCUT2D eigenvalue weighted by molar-refractivity contribution is -0.200. The van der Waals surface area contributed by atoms with Crippen molar-refractivity contribution in [2.75, 3.05) is 31.9 Å². The van der Waals surface area contributed by atoms with Crippen molar-refractivity contribution in [1.29, 1.82) is 0 Å². The maximum atomic E-state index is 14.7. The van der Waals surface area contributed by atoms with Gasteiger partial charge in [-0.25, -0.2) is 13.6 Å². The second kappa shape index (κ2) is 11.6. The van der Waals surface area contributed by atoms with Crippen LogP contribution in [0.1, 0.15) is 44.1 Å². The van der Waals surface area contributed by atoms with Crippen LogP contribution in [-0.4, -0.2) is 65.6 Å². The summed E-state index contributed by atoms with van der Waals surface area (Å²) in [5, 5.41) is 0. The van der Waals surface area contributed by atoms with Crippen LogP contribution in [0.5, 0.6) is 5.75 Å². The van der Waals surface area contributed by atoms with Crippen molar-refractivity contribution in [3.63, 3.8) is 0 Å². The Kier molecular flexibility index (Phi) is 9.08. The molecule has 1 unspecified atom stereocenters. The zero-order valence-corrected chi connectivity index (χ0v) is 19.8. The molecule has 34 heavy (non-hydrogen) atoms. The first-order chi connectivity index (χ1) is 16.1. The van der Waals surface area contributed by atoms with E-state index in [1.807, 2.05) is 6.08 Å². The van der Waals surface area contributed by atoms with E-state index in [9.17, 15) is 26.7 Å². The van der Waals surface area contributed by atoms with Gasteiger partial charge >= 0.3 is 12.3 Å². The molecule has 11 heteroatoms. The number of alkyl halides is 3. The Bertz CT molecular complexity index is 830. The lowest BCUT2D eigenvalue weighted by atomic mass is 9.90. The van der Waals surface area contributed by atoms with E-state index < -0.39 is 41.9 Å². The summed E-state index contributed by atoms with van der Waals surface area (Å²) in [5.41, 5.74) is 0.604. The van der Waals surface area contributed by atoms with Gasteiger partial charge in [0.1, 0.15) is 6.10 Å². The highest BCUT2D eigenvalue weighted by atomic mass is 32.2. The van der Waals surface area contributed by atoms with E-state index in [1.54, 1.807) is 11.9 Å². The molecule has 2 fully saturated rings. The Morgan fingerprint density at radius 1 is 1.15 bits per heavy atom. The maximum Gasteiger partial charge on any atom is 0.425 e. The molecule has 2 saturated heterocycles. The van der Waals surface area contributed by atoms with E-state index in [1.165, 1.54) is 12.1 Å². The summed E-state index contributed by atoms with van der Waals surface area (Å²) in [6.45, 7) is 6.25. The number of nitrogens with zero attached hydrogens (tertiary/aromatic N) is 2. The molecule has 0 bridgehead atoms. The molecule has 1 amide bonds. The first-order valence-electron chi connectivity index (χ1n) is 11.2. The van der Waals surface area contributed by atoms with Gasteiger partial charge in [-0.1, -0.05) is 18.0 Å². The second-order valence-corrected chi connectivity index (χ2v) is 9.58. The molecule has 1 aromatic rings. The fraction of sp³-hybridized carbons (Fsp3) is 0.609. The number of likely N-dealkylation sites (tertiary alicyclic amines) is 1. The average Bonchev–Trinajstić information content (AvgIpc) is 2.80. The quantitative estimate of drug-likeness (QED) is 0.260. The van der Waals surface area contributed by atoms with Gasteiger partial charge in [-0.3, -0.25) is 4.31 Å². The van der Waals surface area contributed by atoms with Crippen LogP contribution < -0.4 is 4.74 Å². The van der Waals surface area contributed by atoms with E-state index in [-0.39, 0.29) is 31.8 Å². The highest BCUT2D eigenvalue weighted by molar-refractivity contribution is 7.97. The Morgan fingerprint density at radius 3 is 2.26 bits per heavy atom. The third kappa shape index (κ3) is 7.00. The number of benzene rings is 1. The standard InChI is InChI=1S/C23H29F5N2O3S/c1-3-12-34-30-10-4-16(5-11-30)17-13-19(24)21(20(25)14-17)33-18-6-8-29(9-7-18)22(31)32-15(2)23(26,27)28/h3,13-16,18H,1,4-12H2,2H3. The summed E-state index contributed by atoms with van der Waals surface area (Å²) in [6.07, 6.45) is -4.62. The van der Waals surface area contributed by atoms with E-state index >= 15 is 0 Å². The fourth-order valence-electron chi connectivity index (χ4n) is 4.02. The topological polar surface area (TPSA) is 42.0 Å². The normalized spacial score (nSPS) is 19.6. The smallest absolute Gasteiger partial charge is 0.425 e. The summed E-state index contributed by atoms with van der Waals surface area (Å²) in [6, 6.07) is 2.64. The molecule has 2 heterocycles. The number of amides is 1. The summed E-state index contributed by atoms with van der Waals surface area (Å²) < 4.78 is 79.4. The summed E-state index contributed by atoms with van der Waals surface area (Å²) in [7, 11) is 0. The first-order valence-corrected chi connectivity index (χ1v) is 12.2.